The van der Waals surface area contributed by atoms with E-state index in [2.05, 4.69) is 6.92 Å². The summed E-state index contributed by atoms with van der Waals surface area (Å²) >= 11 is 0. The first kappa shape index (κ1) is 17.4. The van der Waals surface area contributed by atoms with Gasteiger partial charge in [0.05, 0.1) is 17.8 Å². The van der Waals surface area contributed by atoms with Crippen LogP contribution in [-0.2, 0) is 0 Å². The van der Waals surface area contributed by atoms with Gasteiger partial charge >= 0.3 is 0 Å². The first-order valence-electron chi connectivity index (χ1n) is 9.06. The lowest BCUT2D eigenvalue weighted by atomic mass is 10.1. The molecular weight excluding hydrogens is 313 g/mol. The van der Waals surface area contributed by atoms with Gasteiger partial charge in [-0.2, -0.15) is 0 Å². The van der Waals surface area contributed by atoms with E-state index in [1.54, 1.807) is 12.1 Å². The molecule has 0 aliphatic heterocycles. The van der Waals surface area contributed by atoms with Crippen molar-refractivity contribution in [3.8, 4) is 17.0 Å². The standard InChI is InChI=1S/C22H24FNO/c1-2-3-4-5-8-15-25-22-16-21(17-11-13-18(23)14-12-17)24-20-10-7-6-9-19(20)22/h6-7,9-14,16H,2-5,8,15H2,1H3. The van der Waals surface area contributed by atoms with Crippen LogP contribution in [0.4, 0.5) is 4.39 Å². The van der Waals surface area contributed by atoms with Gasteiger partial charge in [-0.3, -0.25) is 0 Å². The van der Waals surface area contributed by atoms with Crippen LogP contribution in [0.3, 0.4) is 0 Å². The molecule has 3 rings (SSSR count). The van der Waals surface area contributed by atoms with Gasteiger partial charge < -0.3 is 4.74 Å². The SMILES string of the molecule is CCCCCCCOc1cc(-c2ccc(F)cc2)nc2ccccc12. The second-order valence-corrected chi connectivity index (χ2v) is 6.29. The number of aromatic nitrogens is 1. The molecule has 3 heteroatoms. The molecule has 0 saturated heterocycles. The van der Waals surface area contributed by atoms with E-state index in [1.807, 2.05) is 30.3 Å². The molecular formula is C22H24FNO. The molecule has 25 heavy (non-hydrogen) atoms. The third-order valence-corrected chi connectivity index (χ3v) is 4.32. The number of fused-ring (bicyclic) bond motifs is 1. The molecule has 0 spiro atoms. The second kappa shape index (κ2) is 8.61. The summed E-state index contributed by atoms with van der Waals surface area (Å²) in [6.07, 6.45) is 6.05. The van der Waals surface area contributed by atoms with Crippen LogP contribution in [0.2, 0.25) is 0 Å². The highest BCUT2D eigenvalue weighted by atomic mass is 19.1. The summed E-state index contributed by atoms with van der Waals surface area (Å²) in [7, 11) is 0. The molecule has 0 saturated carbocycles. The number of nitrogens with zero attached hydrogens (tertiary/aromatic N) is 1. The average Bonchev–Trinajstić information content (AvgIpc) is 2.65. The zero-order valence-corrected chi connectivity index (χ0v) is 14.7. The van der Waals surface area contributed by atoms with Gasteiger partial charge in [0.25, 0.3) is 0 Å². The van der Waals surface area contributed by atoms with Gasteiger partial charge in [-0.05, 0) is 42.8 Å². The zero-order valence-electron chi connectivity index (χ0n) is 14.7. The Balaban J connectivity index is 1.81. The fourth-order valence-corrected chi connectivity index (χ4v) is 2.92. The second-order valence-electron chi connectivity index (χ2n) is 6.29. The monoisotopic (exact) mass is 337 g/mol. The molecule has 3 aromatic rings. The lowest BCUT2D eigenvalue weighted by Crippen LogP contribution is -1.99. The van der Waals surface area contributed by atoms with Gasteiger partial charge in [-0.1, -0.05) is 44.7 Å². The normalized spacial score (nSPS) is 11.0. The fourth-order valence-electron chi connectivity index (χ4n) is 2.92. The summed E-state index contributed by atoms with van der Waals surface area (Å²) in [4.78, 5) is 4.70. The number of ether oxygens (including phenoxy) is 1. The van der Waals surface area contributed by atoms with E-state index in [0.717, 1.165) is 34.3 Å². The Kier molecular flexibility index (Phi) is 5.99. The van der Waals surface area contributed by atoms with Crippen molar-refractivity contribution in [1.82, 2.24) is 4.98 Å². The van der Waals surface area contributed by atoms with Crippen LogP contribution in [0.1, 0.15) is 39.0 Å². The van der Waals surface area contributed by atoms with Gasteiger partial charge in [-0.15, -0.1) is 0 Å². The topological polar surface area (TPSA) is 22.1 Å². The van der Waals surface area contributed by atoms with Crippen LogP contribution in [-0.4, -0.2) is 11.6 Å². The fraction of sp³-hybridized carbons (Fsp3) is 0.318. The highest BCUT2D eigenvalue weighted by molar-refractivity contribution is 5.87. The maximum Gasteiger partial charge on any atom is 0.130 e. The highest BCUT2D eigenvalue weighted by Gasteiger charge is 2.08. The molecule has 0 atom stereocenters. The molecule has 0 fully saturated rings. The molecule has 130 valence electrons. The van der Waals surface area contributed by atoms with Crippen LogP contribution in [0.5, 0.6) is 5.75 Å². The van der Waals surface area contributed by atoms with E-state index >= 15 is 0 Å². The first-order valence-corrected chi connectivity index (χ1v) is 9.06. The van der Waals surface area contributed by atoms with Crippen molar-refractivity contribution < 1.29 is 9.13 Å². The maximum absolute atomic E-state index is 13.2. The van der Waals surface area contributed by atoms with E-state index in [1.165, 1.54) is 37.8 Å². The molecule has 0 N–H and O–H groups in total. The summed E-state index contributed by atoms with van der Waals surface area (Å²) in [5, 5.41) is 1.02. The van der Waals surface area contributed by atoms with Crippen LogP contribution in [0, 0.1) is 5.82 Å². The van der Waals surface area contributed by atoms with Gasteiger partial charge in [0, 0.05) is 17.0 Å². The lowest BCUT2D eigenvalue weighted by Gasteiger charge is -2.12. The van der Waals surface area contributed by atoms with Crippen LogP contribution >= 0.6 is 0 Å². The number of pyridine rings is 1. The van der Waals surface area contributed by atoms with Crippen molar-refractivity contribution in [2.45, 2.75) is 39.0 Å². The molecule has 0 amide bonds. The van der Waals surface area contributed by atoms with Crippen molar-refractivity contribution in [1.29, 1.82) is 0 Å². The first-order chi connectivity index (χ1) is 12.3. The molecule has 0 unspecified atom stereocenters. The minimum Gasteiger partial charge on any atom is -0.493 e. The summed E-state index contributed by atoms with van der Waals surface area (Å²) in [5.41, 5.74) is 2.59. The van der Waals surface area contributed by atoms with Gasteiger partial charge in [-0.25, -0.2) is 9.37 Å². The smallest absolute Gasteiger partial charge is 0.130 e. The number of rotatable bonds is 8. The number of halogens is 1. The molecule has 2 aromatic carbocycles. The molecule has 1 heterocycles. The third kappa shape index (κ3) is 4.56. The van der Waals surface area contributed by atoms with Crippen molar-refractivity contribution in [2.24, 2.45) is 0 Å². The maximum atomic E-state index is 13.2. The lowest BCUT2D eigenvalue weighted by molar-refractivity contribution is 0.308. The summed E-state index contributed by atoms with van der Waals surface area (Å²) in [5.74, 6) is 0.605. The van der Waals surface area contributed by atoms with E-state index < -0.39 is 0 Å². The van der Waals surface area contributed by atoms with Gasteiger partial charge in [0.15, 0.2) is 0 Å². The Morgan fingerprint density at radius 2 is 1.68 bits per heavy atom. The molecule has 0 aliphatic carbocycles. The largest absolute Gasteiger partial charge is 0.493 e. The molecule has 2 nitrogen and oxygen atoms in total. The Bertz CT molecular complexity index is 814. The predicted molar refractivity (Wildman–Crippen MR) is 101 cm³/mol. The van der Waals surface area contributed by atoms with Crippen molar-refractivity contribution in [2.75, 3.05) is 6.61 Å². The van der Waals surface area contributed by atoms with E-state index in [4.69, 9.17) is 9.72 Å². The van der Waals surface area contributed by atoms with Crippen molar-refractivity contribution in [3.63, 3.8) is 0 Å². The summed E-state index contributed by atoms with van der Waals surface area (Å²) in [6.45, 7) is 2.93. The molecule has 1 aromatic heterocycles. The number of hydrogen-bond acceptors (Lipinski definition) is 2. The zero-order chi connectivity index (χ0) is 17.5. The number of para-hydroxylation sites is 1. The molecule has 0 bridgehead atoms. The van der Waals surface area contributed by atoms with Crippen LogP contribution in [0.15, 0.2) is 54.6 Å². The van der Waals surface area contributed by atoms with Gasteiger partial charge in [0.2, 0.25) is 0 Å². The van der Waals surface area contributed by atoms with E-state index in [0.29, 0.717) is 6.61 Å². The Hall–Kier alpha value is -2.42. The van der Waals surface area contributed by atoms with Crippen LogP contribution < -0.4 is 4.74 Å². The molecule has 0 radical (unpaired) electrons. The third-order valence-electron chi connectivity index (χ3n) is 4.32. The molecule has 0 aliphatic rings. The predicted octanol–water partition coefficient (Wildman–Crippen LogP) is 6.39. The summed E-state index contributed by atoms with van der Waals surface area (Å²) in [6, 6.07) is 16.4. The minimum absolute atomic E-state index is 0.243. The summed E-state index contributed by atoms with van der Waals surface area (Å²) < 4.78 is 19.3. The highest BCUT2D eigenvalue weighted by Crippen LogP contribution is 2.30. The number of hydrogen-bond donors (Lipinski definition) is 0. The Morgan fingerprint density at radius 3 is 2.48 bits per heavy atom. The number of benzene rings is 2. The Labute approximate surface area is 148 Å². The average molecular weight is 337 g/mol. The Morgan fingerprint density at radius 1 is 0.920 bits per heavy atom. The quantitative estimate of drug-likeness (QED) is 0.444. The minimum atomic E-state index is -0.243. The van der Waals surface area contributed by atoms with Crippen LogP contribution in [0.25, 0.3) is 22.2 Å². The van der Waals surface area contributed by atoms with Gasteiger partial charge in [0.1, 0.15) is 11.6 Å². The number of unbranched alkanes of at least 4 members (excludes halogenated alkanes) is 4. The van der Waals surface area contributed by atoms with Crippen molar-refractivity contribution in [3.05, 3.63) is 60.4 Å². The van der Waals surface area contributed by atoms with Crippen molar-refractivity contribution >= 4 is 10.9 Å². The van der Waals surface area contributed by atoms with E-state index in [9.17, 15) is 4.39 Å². The van der Waals surface area contributed by atoms with E-state index in [-0.39, 0.29) is 5.82 Å².